The summed E-state index contributed by atoms with van der Waals surface area (Å²) in [5, 5.41) is -0.147. The van der Waals surface area contributed by atoms with Crippen LogP contribution in [-0.2, 0) is 21.3 Å². The highest BCUT2D eigenvalue weighted by molar-refractivity contribution is 7.90. The maximum atomic E-state index is 12.1. The maximum Gasteiger partial charge on any atom is 0.214 e. The molecule has 1 N–H and O–H groups in total. The van der Waals surface area contributed by atoms with Gasteiger partial charge < -0.3 is 4.74 Å². The van der Waals surface area contributed by atoms with E-state index in [1.807, 2.05) is 11.3 Å². The number of hydrogen-bond donors (Lipinski definition) is 1. The third-order valence-corrected chi connectivity index (χ3v) is 8.24. The summed E-state index contributed by atoms with van der Waals surface area (Å²) in [6.45, 7) is 6.97. The molecule has 128 valence electrons. The molecule has 0 aromatic carbocycles. The summed E-state index contributed by atoms with van der Waals surface area (Å²) >= 11 is 1.85. The molecule has 3 fully saturated rings. The Balaban J connectivity index is 1.42. The van der Waals surface area contributed by atoms with Gasteiger partial charge in [-0.05, 0) is 31.9 Å². The number of fused-ring (bicyclic) bond motifs is 1. The molecule has 2 atom stereocenters. The van der Waals surface area contributed by atoms with Crippen molar-refractivity contribution in [2.24, 2.45) is 11.3 Å². The molecule has 7 heteroatoms. The Morgan fingerprint density at radius 2 is 2.26 bits per heavy atom. The lowest BCUT2D eigenvalue weighted by atomic mass is 9.81. The third-order valence-electron chi connectivity index (χ3n) is 5.36. The number of rotatable bonds is 6. The van der Waals surface area contributed by atoms with E-state index >= 15 is 0 Å². The van der Waals surface area contributed by atoms with E-state index in [0.717, 1.165) is 39.1 Å². The fraction of sp³-hybridized carbons (Fsp3) is 0.750. The molecule has 1 aromatic rings. The van der Waals surface area contributed by atoms with E-state index in [1.165, 1.54) is 9.75 Å². The molecule has 1 saturated carbocycles. The van der Waals surface area contributed by atoms with Crippen molar-refractivity contribution in [3.8, 4) is 0 Å². The summed E-state index contributed by atoms with van der Waals surface area (Å²) in [7, 11) is -3.11. The molecule has 3 heterocycles. The molecular weight excluding hydrogens is 332 g/mol. The van der Waals surface area contributed by atoms with Crippen molar-refractivity contribution < 1.29 is 13.2 Å². The molecule has 1 aromatic heterocycles. The van der Waals surface area contributed by atoms with E-state index in [4.69, 9.17) is 4.74 Å². The summed E-state index contributed by atoms with van der Waals surface area (Å²) in [6, 6.07) is 4.37. The van der Waals surface area contributed by atoms with Crippen molar-refractivity contribution in [3.05, 3.63) is 21.9 Å². The number of hydrogen-bond acceptors (Lipinski definition) is 5. The number of thiophene rings is 1. The van der Waals surface area contributed by atoms with Crippen LogP contribution in [0.25, 0.3) is 0 Å². The van der Waals surface area contributed by atoms with Gasteiger partial charge in [-0.1, -0.05) is 0 Å². The summed E-state index contributed by atoms with van der Waals surface area (Å²) in [5.74, 6) is 0.436. The van der Waals surface area contributed by atoms with Crippen LogP contribution in [0.15, 0.2) is 12.1 Å². The van der Waals surface area contributed by atoms with Gasteiger partial charge in [0.05, 0.1) is 18.5 Å². The van der Waals surface area contributed by atoms with Gasteiger partial charge in [0.15, 0.2) is 0 Å². The van der Waals surface area contributed by atoms with Crippen LogP contribution < -0.4 is 4.72 Å². The average molecular weight is 357 g/mol. The highest BCUT2D eigenvalue weighted by Crippen LogP contribution is 2.42. The third kappa shape index (κ3) is 3.22. The van der Waals surface area contributed by atoms with Gasteiger partial charge in [0.2, 0.25) is 10.0 Å². The van der Waals surface area contributed by atoms with Crippen molar-refractivity contribution in [2.75, 3.05) is 32.8 Å². The molecule has 0 amide bonds. The molecule has 5 nitrogen and oxygen atoms in total. The van der Waals surface area contributed by atoms with Crippen LogP contribution >= 0.6 is 11.3 Å². The highest BCUT2D eigenvalue weighted by atomic mass is 32.2. The lowest BCUT2D eigenvalue weighted by Crippen LogP contribution is -2.43. The average Bonchev–Trinajstić information content (AvgIpc) is 3.07. The van der Waals surface area contributed by atoms with Crippen molar-refractivity contribution in [1.82, 2.24) is 9.62 Å². The normalized spacial score (nSPS) is 31.6. The molecule has 2 aliphatic heterocycles. The first kappa shape index (κ1) is 16.0. The minimum Gasteiger partial charge on any atom is -0.380 e. The number of aryl methyl sites for hydroxylation is 1. The summed E-state index contributed by atoms with van der Waals surface area (Å²) in [5.41, 5.74) is -0.0474. The van der Waals surface area contributed by atoms with Gasteiger partial charge in [0.1, 0.15) is 0 Å². The number of nitrogens with one attached hydrogen (secondary N) is 1. The Hall–Kier alpha value is -0.470. The molecule has 0 bridgehead atoms. The van der Waals surface area contributed by atoms with Crippen LogP contribution in [0.1, 0.15) is 22.6 Å². The Morgan fingerprint density at radius 1 is 1.43 bits per heavy atom. The first-order valence-electron chi connectivity index (χ1n) is 8.31. The SMILES string of the molecule is Cc1ccc(CN2C[C@H]3COC[C@@]3(CNS(=O)(=O)C3CC3)C2)s1. The zero-order valence-electron chi connectivity index (χ0n) is 13.5. The van der Waals surface area contributed by atoms with Crippen LogP contribution in [0.5, 0.6) is 0 Å². The molecule has 3 aliphatic rings. The van der Waals surface area contributed by atoms with Crippen LogP contribution in [0.2, 0.25) is 0 Å². The maximum absolute atomic E-state index is 12.1. The molecule has 0 radical (unpaired) electrons. The smallest absolute Gasteiger partial charge is 0.214 e. The minimum atomic E-state index is -3.11. The lowest BCUT2D eigenvalue weighted by Gasteiger charge is -2.27. The first-order chi connectivity index (χ1) is 11.0. The zero-order chi connectivity index (χ0) is 16.1. The van der Waals surface area contributed by atoms with Gasteiger partial charge in [-0.25, -0.2) is 13.1 Å². The van der Waals surface area contributed by atoms with E-state index in [1.54, 1.807) is 0 Å². The van der Waals surface area contributed by atoms with Crippen LogP contribution in [0.3, 0.4) is 0 Å². The van der Waals surface area contributed by atoms with E-state index in [-0.39, 0.29) is 10.7 Å². The second-order valence-corrected chi connectivity index (χ2v) is 10.7. The monoisotopic (exact) mass is 356 g/mol. The Bertz CT molecular complexity index is 683. The van der Waals surface area contributed by atoms with E-state index < -0.39 is 10.0 Å². The summed E-state index contributed by atoms with van der Waals surface area (Å²) < 4.78 is 32.9. The number of nitrogens with zero attached hydrogens (tertiary/aromatic N) is 1. The standard InChI is InChI=1S/C16H24N2O3S2/c1-12-2-3-14(22-12)7-18-6-13-8-21-11-16(13,10-18)9-17-23(19,20)15-4-5-15/h2-3,13,15,17H,4-11H2,1H3/t13-,16+/m0/s1. The Labute approximate surface area is 142 Å². The Morgan fingerprint density at radius 3 is 2.96 bits per heavy atom. The van der Waals surface area contributed by atoms with Gasteiger partial charge in [0, 0.05) is 47.3 Å². The zero-order valence-corrected chi connectivity index (χ0v) is 15.1. The van der Waals surface area contributed by atoms with Gasteiger partial charge >= 0.3 is 0 Å². The summed E-state index contributed by atoms with van der Waals surface area (Å²) in [6.07, 6.45) is 1.62. The fourth-order valence-corrected chi connectivity index (χ4v) is 6.26. The summed E-state index contributed by atoms with van der Waals surface area (Å²) in [4.78, 5) is 5.19. The number of likely N-dealkylation sites (tertiary alicyclic amines) is 1. The largest absolute Gasteiger partial charge is 0.380 e. The molecule has 4 rings (SSSR count). The predicted octanol–water partition coefficient (Wildman–Crippen LogP) is 1.59. The Kier molecular flexibility index (Phi) is 4.05. The topological polar surface area (TPSA) is 58.6 Å². The molecule has 23 heavy (non-hydrogen) atoms. The van der Waals surface area contributed by atoms with Gasteiger partial charge in [0.25, 0.3) is 0 Å². The minimum absolute atomic E-state index is 0.0474. The first-order valence-corrected chi connectivity index (χ1v) is 10.7. The number of sulfonamides is 1. The van der Waals surface area contributed by atoms with Crippen molar-refractivity contribution >= 4 is 21.4 Å². The van der Waals surface area contributed by atoms with Gasteiger partial charge in [-0.3, -0.25) is 4.90 Å². The second kappa shape index (κ2) is 5.81. The second-order valence-electron chi connectivity index (χ2n) is 7.32. The number of ether oxygens (including phenoxy) is 1. The highest BCUT2D eigenvalue weighted by Gasteiger charge is 2.51. The van der Waals surface area contributed by atoms with E-state index in [2.05, 4.69) is 28.7 Å². The van der Waals surface area contributed by atoms with E-state index in [9.17, 15) is 8.42 Å². The van der Waals surface area contributed by atoms with Crippen molar-refractivity contribution in [1.29, 1.82) is 0 Å². The predicted molar refractivity (Wildman–Crippen MR) is 91.0 cm³/mol. The molecule has 0 unspecified atom stereocenters. The van der Waals surface area contributed by atoms with Crippen LogP contribution in [0, 0.1) is 18.3 Å². The van der Waals surface area contributed by atoms with Crippen LogP contribution in [0.4, 0.5) is 0 Å². The van der Waals surface area contributed by atoms with Crippen LogP contribution in [-0.4, -0.2) is 51.4 Å². The quantitative estimate of drug-likeness (QED) is 0.841. The van der Waals surface area contributed by atoms with Crippen molar-refractivity contribution in [2.45, 2.75) is 31.6 Å². The lowest BCUT2D eigenvalue weighted by molar-refractivity contribution is 0.128. The molecule has 1 aliphatic carbocycles. The van der Waals surface area contributed by atoms with Gasteiger partial charge in [-0.2, -0.15) is 0 Å². The van der Waals surface area contributed by atoms with E-state index in [0.29, 0.717) is 19.1 Å². The molecule has 2 saturated heterocycles. The fourth-order valence-electron chi connectivity index (χ4n) is 3.84. The van der Waals surface area contributed by atoms with Crippen molar-refractivity contribution in [3.63, 3.8) is 0 Å². The van der Waals surface area contributed by atoms with Gasteiger partial charge in [-0.15, -0.1) is 11.3 Å². The molecule has 0 spiro atoms. The molecular formula is C16H24N2O3S2.